The third-order valence-electron chi connectivity index (χ3n) is 15.3. The summed E-state index contributed by atoms with van der Waals surface area (Å²) in [5.41, 5.74) is 0. The van der Waals surface area contributed by atoms with Crippen LogP contribution in [-0.4, -0.2) is 96.7 Å². The average molecular weight is 1390 g/mol. The van der Waals surface area contributed by atoms with Gasteiger partial charge in [0, 0.05) is 19.3 Å². The summed E-state index contributed by atoms with van der Waals surface area (Å²) in [6, 6.07) is 0. The van der Waals surface area contributed by atoms with Gasteiger partial charge in [-0.15, -0.1) is 0 Å². The van der Waals surface area contributed by atoms with E-state index in [9.17, 15) is 43.2 Å². The number of carbonyl (C=O) groups is 4. The van der Waals surface area contributed by atoms with Crippen molar-refractivity contribution in [3.05, 3.63) is 109 Å². The van der Waals surface area contributed by atoms with Gasteiger partial charge in [-0.25, -0.2) is 9.13 Å². The predicted molar refractivity (Wildman–Crippen MR) is 390 cm³/mol. The highest BCUT2D eigenvalue weighted by atomic mass is 31.2. The van der Waals surface area contributed by atoms with E-state index >= 15 is 0 Å². The first-order chi connectivity index (χ1) is 46.7. The molecule has 3 N–H and O–H groups in total. The molecule has 0 radical (unpaired) electrons. The first kappa shape index (κ1) is 91.7. The molecule has 0 spiro atoms. The minimum Gasteiger partial charge on any atom is -0.462 e. The Morgan fingerprint density at radius 2 is 0.594 bits per heavy atom. The van der Waals surface area contributed by atoms with Gasteiger partial charge >= 0.3 is 39.5 Å². The maximum atomic E-state index is 13.0. The van der Waals surface area contributed by atoms with Crippen molar-refractivity contribution in [1.29, 1.82) is 0 Å². The van der Waals surface area contributed by atoms with Crippen LogP contribution in [0.2, 0.25) is 0 Å². The molecule has 0 amide bonds. The number of unbranched alkanes of at least 4 members (excludes halogenated alkanes) is 26. The van der Waals surface area contributed by atoms with E-state index < -0.39 is 97.5 Å². The van der Waals surface area contributed by atoms with Crippen molar-refractivity contribution in [1.82, 2.24) is 0 Å². The smallest absolute Gasteiger partial charge is 0.462 e. The second-order valence-electron chi connectivity index (χ2n) is 24.5. The van der Waals surface area contributed by atoms with Crippen molar-refractivity contribution in [2.75, 3.05) is 39.6 Å². The number of ether oxygens (including phenoxy) is 4. The number of esters is 4. The van der Waals surface area contributed by atoms with Crippen molar-refractivity contribution in [2.24, 2.45) is 0 Å². The molecule has 0 saturated carbocycles. The van der Waals surface area contributed by atoms with E-state index in [0.717, 1.165) is 148 Å². The minimum absolute atomic E-state index is 0.0928. The minimum atomic E-state index is -5.00. The lowest BCUT2D eigenvalue weighted by Gasteiger charge is -2.21. The lowest BCUT2D eigenvalue weighted by atomic mass is 10.1. The highest BCUT2D eigenvalue weighted by Gasteiger charge is 2.30. The first-order valence-electron chi connectivity index (χ1n) is 37.1. The number of phosphoric ester groups is 2. The zero-order chi connectivity index (χ0) is 70.4. The Hall–Kier alpha value is -4.28. The van der Waals surface area contributed by atoms with Gasteiger partial charge in [0.05, 0.1) is 32.8 Å². The molecule has 0 bridgehead atoms. The molecule has 5 unspecified atom stereocenters. The van der Waals surface area contributed by atoms with Gasteiger partial charge in [0.1, 0.15) is 19.3 Å². The van der Waals surface area contributed by atoms with Crippen LogP contribution in [0.3, 0.4) is 0 Å². The summed E-state index contributed by atoms with van der Waals surface area (Å²) in [5, 5.41) is 10.6. The Kier molecular flexibility index (Phi) is 66.1. The summed E-state index contributed by atoms with van der Waals surface area (Å²) in [5.74, 6) is -2.34. The quantitative estimate of drug-likeness (QED) is 0.0169. The zero-order valence-corrected chi connectivity index (χ0v) is 61.8. The number of carbonyl (C=O) groups excluding carboxylic acids is 4. The summed E-state index contributed by atoms with van der Waals surface area (Å²) in [6.45, 7) is 4.54. The molecule has 0 aromatic carbocycles. The normalized spacial score (nSPS) is 14.6. The Bertz CT molecular complexity index is 2250. The fourth-order valence-electron chi connectivity index (χ4n) is 9.58. The van der Waals surface area contributed by atoms with Gasteiger partial charge in [-0.1, -0.05) is 272 Å². The van der Waals surface area contributed by atoms with Crippen LogP contribution in [0.4, 0.5) is 0 Å². The maximum absolute atomic E-state index is 13.0. The first-order valence-corrected chi connectivity index (χ1v) is 40.1. The van der Waals surface area contributed by atoms with Crippen molar-refractivity contribution < 1.29 is 80.2 Å². The van der Waals surface area contributed by atoms with E-state index in [1.807, 2.05) is 12.2 Å². The molecule has 0 heterocycles. The number of aliphatic hydroxyl groups excluding tert-OH is 1. The van der Waals surface area contributed by atoms with Crippen molar-refractivity contribution in [2.45, 2.75) is 316 Å². The van der Waals surface area contributed by atoms with Gasteiger partial charge in [0.25, 0.3) is 0 Å². The molecule has 0 aliphatic carbocycles. The van der Waals surface area contributed by atoms with Crippen LogP contribution >= 0.6 is 15.6 Å². The molecule has 552 valence electrons. The van der Waals surface area contributed by atoms with E-state index in [4.69, 9.17) is 37.0 Å². The number of hydrogen-bond donors (Lipinski definition) is 3. The highest BCUT2D eigenvalue weighted by molar-refractivity contribution is 7.47. The van der Waals surface area contributed by atoms with Crippen LogP contribution in [0.1, 0.15) is 297 Å². The Morgan fingerprint density at radius 3 is 0.990 bits per heavy atom. The van der Waals surface area contributed by atoms with Crippen molar-refractivity contribution in [3.8, 4) is 0 Å². The van der Waals surface area contributed by atoms with Crippen LogP contribution in [0.5, 0.6) is 0 Å². The summed E-state index contributed by atoms with van der Waals surface area (Å²) in [6.07, 6.45) is 72.7. The monoisotopic (exact) mass is 1390 g/mol. The van der Waals surface area contributed by atoms with Gasteiger partial charge in [-0.3, -0.25) is 37.3 Å². The van der Waals surface area contributed by atoms with Crippen LogP contribution < -0.4 is 0 Å². The van der Waals surface area contributed by atoms with Crippen LogP contribution in [0, 0.1) is 0 Å². The molecule has 0 aromatic rings. The van der Waals surface area contributed by atoms with E-state index in [-0.39, 0.29) is 25.7 Å². The molecule has 17 nitrogen and oxygen atoms in total. The Balaban J connectivity index is 5.39. The Labute approximate surface area is 581 Å². The predicted octanol–water partition coefficient (Wildman–Crippen LogP) is 21.0. The van der Waals surface area contributed by atoms with Crippen molar-refractivity contribution >= 4 is 39.5 Å². The van der Waals surface area contributed by atoms with Gasteiger partial charge in [-0.2, -0.15) is 0 Å². The SMILES string of the molecule is CC/C=C\C/C=C\C/C=C\C/C=C\C/C=C\CC(=O)OC(COC(=O)CCCCCCCC/C=C\C/C=C\C/C=C\CCCCC)COP(=O)(O)OCC(O)COP(=O)(O)OCC(COC(=O)CCCCCCC/C=C\CCCC)OC(=O)CCCCCCCCCCCCC. The molecule has 0 aliphatic heterocycles. The molecular weight excluding hydrogens is 1260 g/mol. The molecule has 0 saturated heterocycles. The molecule has 5 atom stereocenters. The van der Waals surface area contributed by atoms with Crippen LogP contribution in [0.25, 0.3) is 0 Å². The highest BCUT2D eigenvalue weighted by Crippen LogP contribution is 2.45. The van der Waals surface area contributed by atoms with E-state index in [1.54, 1.807) is 12.2 Å². The zero-order valence-electron chi connectivity index (χ0n) is 60.0. The van der Waals surface area contributed by atoms with Crippen LogP contribution in [0.15, 0.2) is 109 Å². The molecule has 0 aromatic heterocycles. The second kappa shape index (κ2) is 69.2. The van der Waals surface area contributed by atoms with E-state index in [2.05, 4.69) is 113 Å². The fraction of sp³-hybridized carbons (Fsp3) is 0.714. The lowest BCUT2D eigenvalue weighted by molar-refractivity contribution is -0.161. The molecule has 19 heteroatoms. The molecule has 0 rings (SSSR count). The molecule has 0 aliphatic rings. The van der Waals surface area contributed by atoms with Crippen molar-refractivity contribution in [3.63, 3.8) is 0 Å². The number of phosphoric acid groups is 2. The van der Waals surface area contributed by atoms with Gasteiger partial charge in [0.2, 0.25) is 0 Å². The number of aliphatic hydroxyl groups is 1. The third-order valence-corrected chi connectivity index (χ3v) is 17.2. The third kappa shape index (κ3) is 68.3. The molecule has 0 fully saturated rings. The average Bonchev–Trinajstić information content (AvgIpc) is 1.16. The lowest BCUT2D eigenvalue weighted by Crippen LogP contribution is -2.30. The fourth-order valence-corrected chi connectivity index (χ4v) is 11.2. The summed E-state index contributed by atoms with van der Waals surface area (Å²) in [7, 11) is -9.97. The topological polar surface area (TPSA) is 237 Å². The largest absolute Gasteiger partial charge is 0.472 e. The number of hydrogen-bond acceptors (Lipinski definition) is 15. The van der Waals surface area contributed by atoms with E-state index in [0.29, 0.717) is 25.7 Å². The standard InChI is InChI=1S/C77H132O17P2/c1-5-9-13-17-21-25-29-31-33-34-35-36-38-39-43-46-50-54-58-62-75(80)88-68-73(94-77(82)64-60-56-52-48-44-40-37-32-30-26-22-18-14-10-6-2)70-92-96(85,86)90-66-71(78)65-89-95(83,84)91-69-72(93-76(81)63-59-55-51-47-42-28-24-20-16-12-8-4)67-87-74(79)61-57-53-49-45-41-27-23-19-15-11-7-3/h10,14,19,21-23,25-26,31-33,35-37,44,48,56,60,71-73,78H,5-9,11-13,15-18,20,24,27-30,34,38-43,45-47,49-55,57-59,61-70H2,1-4H3,(H,83,84)(H,85,86)/b14-10-,23-19-,25-21-,26-22-,33-31-,36-35-,37-32-,48-44-,60-56-. The second-order valence-corrected chi connectivity index (χ2v) is 27.4. The van der Waals surface area contributed by atoms with Gasteiger partial charge in [-0.05, 0) is 109 Å². The van der Waals surface area contributed by atoms with Gasteiger partial charge < -0.3 is 33.8 Å². The summed E-state index contributed by atoms with van der Waals surface area (Å²) < 4.78 is 68.2. The Morgan fingerprint density at radius 1 is 0.312 bits per heavy atom. The summed E-state index contributed by atoms with van der Waals surface area (Å²) in [4.78, 5) is 72.6. The number of allylic oxidation sites excluding steroid dienone is 17. The molecule has 96 heavy (non-hydrogen) atoms. The van der Waals surface area contributed by atoms with Gasteiger partial charge in [0.15, 0.2) is 12.2 Å². The summed E-state index contributed by atoms with van der Waals surface area (Å²) >= 11 is 0. The van der Waals surface area contributed by atoms with Crippen LogP contribution in [-0.2, 0) is 65.4 Å². The molecular formula is C77H132O17P2. The maximum Gasteiger partial charge on any atom is 0.472 e. The number of rotatable bonds is 69. The van der Waals surface area contributed by atoms with E-state index in [1.165, 1.54) is 70.6 Å².